The van der Waals surface area contributed by atoms with Gasteiger partial charge in [0.05, 0.1) is 4.47 Å². The Morgan fingerprint density at radius 3 is 2.94 bits per heavy atom. The largest absolute Gasteiger partial charge is 0.492 e. The van der Waals surface area contributed by atoms with Gasteiger partial charge in [0, 0.05) is 6.54 Å². The molecular formula is C12H15BrFNO. The Hall–Kier alpha value is -0.610. The van der Waals surface area contributed by atoms with E-state index in [2.05, 4.69) is 21.2 Å². The Bertz CT molecular complexity index is 355. The molecule has 1 aliphatic rings. The molecule has 1 aromatic rings. The number of hydrogen-bond donors (Lipinski definition) is 1. The van der Waals surface area contributed by atoms with Crippen LogP contribution in [0.2, 0.25) is 0 Å². The van der Waals surface area contributed by atoms with Crippen molar-refractivity contribution in [2.45, 2.75) is 12.8 Å². The fraction of sp³-hybridized carbons (Fsp3) is 0.500. The van der Waals surface area contributed by atoms with Gasteiger partial charge in [-0.15, -0.1) is 0 Å². The second-order valence-electron chi connectivity index (χ2n) is 4.07. The Morgan fingerprint density at radius 2 is 2.25 bits per heavy atom. The van der Waals surface area contributed by atoms with Crippen molar-refractivity contribution in [1.82, 2.24) is 5.32 Å². The first-order chi connectivity index (χ1) is 7.75. The maximum Gasteiger partial charge on any atom is 0.137 e. The molecule has 0 unspecified atom stereocenters. The predicted octanol–water partition coefficient (Wildman–Crippen LogP) is 2.97. The molecule has 16 heavy (non-hydrogen) atoms. The summed E-state index contributed by atoms with van der Waals surface area (Å²) in [5.74, 6) is 1.32. The van der Waals surface area contributed by atoms with E-state index in [1.54, 1.807) is 12.1 Å². The average molecular weight is 288 g/mol. The quantitative estimate of drug-likeness (QED) is 0.813. The molecule has 2 rings (SSSR count). The lowest BCUT2D eigenvalue weighted by Gasteiger charge is -2.07. The Labute approximate surface area is 103 Å². The molecule has 1 aromatic carbocycles. The zero-order valence-corrected chi connectivity index (χ0v) is 10.6. The van der Waals surface area contributed by atoms with Crippen LogP contribution in [-0.2, 0) is 0 Å². The molecule has 1 saturated carbocycles. The third-order valence-corrected chi connectivity index (χ3v) is 3.18. The summed E-state index contributed by atoms with van der Waals surface area (Å²) in [4.78, 5) is 0. The highest BCUT2D eigenvalue weighted by molar-refractivity contribution is 9.10. The van der Waals surface area contributed by atoms with Crippen LogP contribution in [-0.4, -0.2) is 19.7 Å². The van der Waals surface area contributed by atoms with E-state index in [0.717, 1.165) is 19.0 Å². The number of nitrogens with one attached hydrogen (secondary N) is 1. The lowest BCUT2D eigenvalue weighted by Crippen LogP contribution is -2.23. The molecule has 0 saturated heterocycles. The van der Waals surface area contributed by atoms with Crippen LogP contribution in [0.25, 0.3) is 0 Å². The Kier molecular flexibility index (Phi) is 4.18. The van der Waals surface area contributed by atoms with Crippen molar-refractivity contribution in [1.29, 1.82) is 0 Å². The van der Waals surface area contributed by atoms with Crippen LogP contribution in [0.5, 0.6) is 5.75 Å². The number of rotatable bonds is 6. The third-order valence-electron chi connectivity index (χ3n) is 2.57. The van der Waals surface area contributed by atoms with Crippen LogP contribution in [0.3, 0.4) is 0 Å². The molecule has 0 radical (unpaired) electrons. The molecule has 0 atom stereocenters. The van der Waals surface area contributed by atoms with Crippen molar-refractivity contribution < 1.29 is 9.13 Å². The van der Waals surface area contributed by atoms with E-state index in [1.165, 1.54) is 18.9 Å². The van der Waals surface area contributed by atoms with Crippen LogP contribution in [0.15, 0.2) is 22.7 Å². The summed E-state index contributed by atoms with van der Waals surface area (Å²) in [7, 11) is 0. The normalized spacial score (nSPS) is 15.1. The summed E-state index contributed by atoms with van der Waals surface area (Å²) >= 11 is 3.13. The van der Waals surface area contributed by atoms with Crippen LogP contribution < -0.4 is 10.1 Å². The fourth-order valence-corrected chi connectivity index (χ4v) is 1.79. The van der Waals surface area contributed by atoms with E-state index >= 15 is 0 Å². The predicted molar refractivity (Wildman–Crippen MR) is 65.2 cm³/mol. The first kappa shape index (κ1) is 11.9. The number of halogens is 2. The summed E-state index contributed by atoms with van der Waals surface area (Å²) in [5.41, 5.74) is 0. The monoisotopic (exact) mass is 287 g/mol. The highest BCUT2D eigenvalue weighted by atomic mass is 79.9. The first-order valence-corrected chi connectivity index (χ1v) is 6.33. The molecule has 0 amide bonds. The van der Waals surface area contributed by atoms with Crippen molar-refractivity contribution in [2.24, 2.45) is 5.92 Å². The van der Waals surface area contributed by atoms with Gasteiger partial charge in [-0.3, -0.25) is 0 Å². The first-order valence-electron chi connectivity index (χ1n) is 5.54. The second-order valence-corrected chi connectivity index (χ2v) is 4.93. The van der Waals surface area contributed by atoms with Gasteiger partial charge in [-0.2, -0.15) is 0 Å². The van der Waals surface area contributed by atoms with Crippen molar-refractivity contribution in [2.75, 3.05) is 19.7 Å². The molecule has 0 bridgehead atoms. The minimum Gasteiger partial charge on any atom is -0.492 e. The number of ether oxygens (including phenoxy) is 1. The smallest absolute Gasteiger partial charge is 0.137 e. The summed E-state index contributed by atoms with van der Waals surface area (Å²) in [6.45, 7) is 2.55. The van der Waals surface area contributed by atoms with Crippen molar-refractivity contribution in [3.05, 3.63) is 28.5 Å². The van der Waals surface area contributed by atoms with Gasteiger partial charge in [-0.05, 0) is 59.4 Å². The van der Waals surface area contributed by atoms with Crippen LogP contribution in [0.4, 0.5) is 4.39 Å². The lowest BCUT2D eigenvalue weighted by atomic mass is 10.3. The van der Waals surface area contributed by atoms with Crippen molar-refractivity contribution >= 4 is 15.9 Å². The summed E-state index contributed by atoms with van der Waals surface area (Å²) in [6.07, 6.45) is 2.72. The zero-order chi connectivity index (χ0) is 11.4. The summed E-state index contributed by atoms with van der Waals surface area (Å²) in [5, 5.41) is 3.33. The van der Waals surface area contributed by atoms with Gasteiger partial charge in [0.1, 0.15) is 18.2 Å². The van der Waals surface area contributed by atoms with Gasteiger partial charge >= 0.3 is 0 Å². The average Bonchev–Trinajstić information content (AvgIpc) is 3.07. The molecule has 0 aromatic heterocycles. The van der Waals surface area contributed by atoms with Crippen LogP contribution in [0, 0.1) is 11.7 Å². The highest BCUT2D eigenvalue weighted by Gasteiger charge is 2.19. The van der Waals surface area contributed by atoms with E-state index in [4.69, 9.17) is 4.74 Å². The van der Waals surface area contributed by atoms with E-state index in [0.29, 0.717) is 16.8 Å². The zero-order valence-electron chi connectivity index (χ0n) is 9.01. The van der Waals surface area contributed by atoms with Crippen molar-refractivity contribution in [3.63, 3.8) is 0 Å². The molecule has 1 aliphatic carbocycles. The Balaban J connectivity index is 1.65. The molecule has 2 nitrogen and oxygen atoms in total. The standard InChI is InChI=1S/C12H15BrFNO/c13-11-7-10(3-4-12(11)14)16-6-5-15-8-9-1-2-9/h3-4,7,9,15H,1-2,5-6,8H2. The van der Waals surface area contributed by atoms with Crippen molar-refractivity contribution in [3.8, 4) is 5.75 Å². The number of benzene rings is 1. The minimum atomic E-state index is -0.265. The molecule has 0 aliphatic heterocycles. The molecule has 0 heterocycles. The van der Waals surface area contributed by atoms with E-state index in [9.17, 15) is 4.39 Å². The van der Waals surface area contributed by atoms with Gasteiger partial charge in [0.15, 0.2) is 0 Å². The van der Waals surface area contributed by atoms with Crippen LogP contribution in [0.1, 0.15) is 12.8 Å². The highest BCUT2D eigenvalue weighted by Crippen LogP contribution is 2.27. The van der Waals surface area contributed by atoms with E-state index in [-0.39, 0.29) is 5.82 Å². The number of hydrogen-bond acceptors (Lipinski definition) is 2. The minimum absolute atomic E-state index is 0.265. The molecule has 0 spiro atoms. The van der Waals surface area contributed by atoms with Gasteiger partial charge < -0.3 is 10.1 Å². The summed E-state index contributed by atoms with van der Waals surface area (Å²) < 4.78 is 18.8. The second kappa shape index (κ2) is 5.64. The van der Waals surface area contributed by atoms with E-state index in [1.807, 2.05) is 0 Å². The summed E-state index contributed by atoms with van der Waals surface area (Å²) in [6, 6.07) is 4.69. The molecule has 1 fully saturated rings. The molecular weight excluding hydrogens is 273 g/mol. The maximum absolute atomic E-state index is 12.9. The topological polar surface area (TPSA) is 21.3 Å². The molecule has 1 N–H and O–H groups in total. The van der Waals surface area contributed by atoms with Gasteiger partial charge in [0.25, 0.3) is 0 Å². The van der Waals surface area contributed by atoms with Crippen LogP contribution >= 0.6 is 15.9 Å². The van der Waals surface area contributed by atoms with Gasteiger partial charge in [0.2, 0.25) is 0 Å². The SMILES string of the molecule is Fc1ccc(OCCNCC2CC2)cc1Br. The Morgan fingerprint density at radius 1 is 1.44 bits per heavy atom. The molecule has 4 heteroatoms. The maximum atomic E-state index is 12.9. The molecule has 88 valence electrons. The van der Waals surface area contributed by atoms with E-state index < -0.39 is 0 Å². The fourth-order valence-electron chi connectivity index (χ4n) is 1.44. The third kappa shape index (κ3) is 3.76. The van der Waals surface area contributed by atoms with Gasteiger partial charge in [-0.1, -0.05) is 0 Å². The lowest BCUT2D eigenvalue weighted by molar-refractivity contribution is 0.312. The van der Waals surface area contributed by atoms with Gasteiger partial charge in [-0.25, -0.2) is 4.39 Å².